The van der Waals surface area contributed by atoms with E-state index in [1.807, 2.05) is 0 Å². The van der Waals surface area contributed by atoms with Crippen LogP contribution in [0.3, 0.4) is 0 Å². The number of rotatable bonds is 4. The molecular weight excluding hydrogens is 256 g/mol. The largest absolute Gasteiger partial charge is 0.390 e. The minimum atomic E-state index is 0.0137. The minimum absolute atomic E-state index is 0.0137. The van der Waals surface area contributed by atoms with Crippen LogP contribution in [0.15, 0.2) is 0 Å². The highest BCUT2D eigenvalue weighted by atomic mass is 32.1. The fourth-order valence-corrected chi connectivity index (χ4v) is 3.99. The van der Waals surface area contributed by atoms with Crippen molar-refractivity contribution in [2.75, 3.05) is 12.3 Å². The summed E-state index contributed by atoms with van der Waals surface area (Å²) < 4.78 is 0. The smallest absolute Gasteiger partial charge is 0.254 e. The highest BCUT2D eigenvalue weighted by molar-refractivity contribution is 7.16. The Bertz CT molecular complexity index is 465. The van der Waals surface area contributed by atoms with E-state index >= 15 is 0 Å². The summed E-state index contributed by atoms with van der Waals surface area (Å²) in [5.74, 6) is 1.45. The van der Waals surface area contributed by atoms with Crippen molar-refractivity contribution in [3.8, 4) is 0 Å². The van der Waals surface area contributed by atoms with E-state index in [9.17, 15) is 4.79 Å². The van der Waals surface area contributed by atoms with E-state index in [4.69, 9.17) is 5.73 Å². The van der Waals surface area contributed by atoms with E-state index in [1.165, 1.54) is 16.9 Å². The highest BCUT2D eigenvalue weighted by Crippen LogP contribution is 2.39. The fourth-order valence-electron chi connectivity index (χ4n) is 2.78. The normalized spacial score (nSPS) is 18.4. The molecule has 3 N–H and O–H groups in total. The Labute approximate surface area is 119 Å². The van der Waals surface area contributed by atoms with E-state index in [1.54, 1.807) is 11.3 Å². The van der Waals surface area contributed by atoms with Gasteiger partial charge < -0.3 is 11.1 Å². The lowest BCUT2D eigenvalue weighted by atomic mass is 9.81. The van der Waals surface area contributed by atoms with Gasteiger partial charge in [-0.05, 0) is 43.1 Å². The predicted octanol–water partition coefficient (Wildman–Crippen LogP) is 3.23. The van der Waals surface area contributed by atoms with Gasteiger partial charge in [-0.3, -0.25) is 4.79 Å². The molecule has 1 unspecified atom stereocenters. The van der Waals surface area contributed by atoms with Crippen LogP contribution in [-0.4, -0.2) is 12.5 Å². The maximum atomic E-state index is 12.2. The fraction of sp³-hybridized carbons (Fsp3) is 0.667. The van der Waals surface area contributed by atoms with Crippen LogP contribution in [0.2, 0.25) is 0 Å². The molecule has 0 aliphatic heterocycles. The summed E-state index contributed by atoms with van der Waals surface area (Å²) >= 11 is 1.62. The van der Waals surface area contributed by atoms with Crippen molar-refractivity contribution in [1.82, 2.24) is 5.32 Å². The molecule has 4 heteroatoms. The zero-order chi connectivity index (χ0) is 14.0. The molecule has 0 spiro atoms. The predicted molar refractivity (Wildman–Crippen MR) is 81.7 cm³/mol. The first-order chi connectivity index (χ1) is 9.04. The average molecular weight is 280 g/mol. The van der Waals surface area contributed by atoms with Crippen molar-refractivity contribution in [3.63, 3.8) is 0 Å². The Morgan fingerprint density at radius 2 is 2.26 bits per heavy atom. The molecule has 1 heterocycles. The van der Waals surface area contributed by atoms with Gasteiger partial charge in [0.05, 0.1) is 10.6 Å². The number of anilines is 1. The second kappa shape index (κ2) is 5.95. The topological polar surface area (TPSA) is 55.1 Å². The number of hydrogen-bond acceptors (Lipinski definition) is 3. The van der Waals surface area contributed by atoms with Crippen molar-refractivity contribution < 1.29 is 4.79 Å². The summed E-state index contributed by atoms with van der Waals surface area (Å²) in [6.07, 6.45) is 4.21. The summed E-state index contributed by atoms with van der Waals surface area (Å²) in [4.78, 5) is 13.5. The Kier molecular flexibility index (Phi) is 4.50. The number of nitrogens with two attached hydrogens (primary N) is 1. The molecule has 0 aromatic carbocycles. The number of nitrogens with one attached hydrogen (secondary N) is 1. The van der Waals surface area contributed by atoms with Crippen molar-refractivity contribution in [2.24, 2.45) is 11.8 Å². The third-order valence-electron chi connectivity index (χ3n) is 4.04. The molecule has 19 heavy (non-hydrogen) atoms. The van der Waals surface area contributed by atoms with Crippen molar-refractivity contribution >= 4 is 22.2 Å². The number of fused-ring (bicyclic) bond motifs is 1. The molecular formula is C15H24N2OS. The lowest BCUT2D eigenvalue weighted by molar-refractivity contribution is 0.0953. The van der Waals surface area contributed by atoms with E-state index in [0.717, 1.165) is 37.3 Å². The summed E-state index contributed by atoms with van der Waals surface area (Å²) in [5.41, 5.74) is 8.05. The zero-order valence-electron chi connectivity index (χ0n) is 12.1. The van der Waals surface area contributed by atoms with Crippen molar-refractivity contribution in [2.45, 2.75) is 46.5 Å². The number of nitrogen functional groups attached to an aromatic ring is 1. The van der Waals surface area contributed by atoms with Crippen molar-refractivity contribution in [1.29, 1.82) is 0 Å². The first-order valence-electron chi connectivity index (χ1n) is 7.22. The zero-order valence-corrected chi connectivity index (χ0v) is 12.9. The standard InChI is InChI=1S/C15H24N2OS/c1-4-7-17-15(18)13-11-6-5-10(9(2)3)8-12(11)19-14(13)16/h9-10H,4-8,16H2,1-3H3,(H,17,18). The Balaban J connectivity index is 2.22. The van der Waals surface area contributed by atoms with Gasteiger partial charge in [-0.25, -0.2) is 0 Å². The molecule has 1 aliphatic carbocycles. The van der Waals surface area contributed by atoms with Gasteiger partial charge in [-0.15, -0.1) is 11.3 Å². The molecule has 1 amide bonds. The van der Waals surface area contributed by atoms with Crippen LogP contribution >= 0.6 is 11.3 Å². The molecule has 0 radical (unpaired) electrons. The van der Waals surface area contributed by atoms with Gasteiger partial charge in [-0.1, -0.05) is 20.8 Å². The first kappa shape index (κ1) is 14.4. The SMILES string of the molecule is CCCNC(=O)c1c(N)sc2c1CCC(C(C)C)C2. The van der Waals surface area contributed by atoms with E-state index < -0.39 is 0 Å². The second-order valence-electron chi connectivity index (χ2n) is 5.75. The molecule has 1 atom stereocenters. The average Bonchev–Trinajstić information content (AvgIpc) is 2.70. The number of thiophene rings is 1. The lowest BCUT2D eigenvalue weighted by Crippen LogP contribution is -2.26. The van der Waals surface area contributed by atoms with Gasteiger partial charge in [0.25, 0.3) is 5.91 Å². The van der Waals surface area contributed by atoms with E-state index in [-0.39, 0.29) is 5.91 Å². The third-order valence-corrected chi connectivity index (χ3v) is 5.12. The molecule has 3 nitrogen and oxygen atoms in total. The maximum Gasteiger partial charge on any atom is 0.254 e. The van der Waals surface area contributed by atoms with Crippen LogP contribution in [0.5, 0.6) is 0 Å². The highest BCUT2D eigenvalue weighted by Gasteiger charge is 2.28. The van der Waals surface area contributed by atoms with E-state index in [2.05, 4.69) is 26.1 Å². The molecule has 0 fully saturated rings. The van der Waals surface area contributed by atoms with E-state index in [0.29, 0.717) is 10.9 Å². The van der Waals surface area contributed by atoms with Gasteiger partial charge in [-0.2, -0.15) is 0 Å². The van der Waals surface area contributed by atoms with Gasteiger partial charge in [0.15, 0.2) is 0 Å². The van der Waals surface area contributed by atoms with Gasteiger partial charge in [0.1, 0.15) is 0 Å². The summed E-state index contributed by atoms with van der Waals surface area (Å²) in [5, 5.41) is 3.64. The van der Waals surface area contributed by atoms with Gasteiger partial charge >= 0.3 is 0 Å². The molecule has 1 aromatic rings. The van der Waals surface area contributed by atoms with Crippen molar-refractivity contribution in [3.05, 3.63) is 16.0 Å². The molecule has 0 bridgehead atoms. The Morgan fingerprint density at radius 1 is 1.53 bits per heavy atom. The first-order valence-corrected chi connectivity index (χ1v) is 8.04. The Hall–Kier alpha value is -1.03. The number of amides is 1. The Morgan fingerprint density at radius 3 is 2.89 bits per heavy atom. The summed E-state index contributed by atoms with van der Waals surface area (Å²) in [6, 6.07) is 0. The maximum absolute atomic E-state index is 12.2. The molecule has 1 aromatic heterocycles. The van der Waals surface area contributed by atoms with Gasteiger partial charge in [0.2, 0.25) is 0 Å². The molecule has 1 aliphatic rings. The molecule has 106 valence electrons. The van der Waals surface area contributed by atoms with Crippen LogP contribution in [0.25, 0.3) is 0 Å². The minimum Gasteiger partial charge on any atom is -0.390 e. The van der Waals surface area contributed by atoms with Crippen LogP contribution in [0.1, 0.15) is 54.4 Å². The van der Waals surface area contributed by atoms with Crippen LogP contribution in [0, 0.1) is 11.8 Å². The lowest BCUT2D eigenvalue weighted by Gasteiger charge is -2.25. The quantitative estimate of drug-likeness (QED) is 0.889. The van der Waals surface area contributed by atoms with Gasteiger partial charge in [0, 0.05) is 11.4 Å². The summed E-state index contributed by atoms with van der Waals surface area (Å²) in [6.45, 7) is 7.33. The molecule has 2 rings (SSSR count). The van der Waals surface area contributed by atoms with Crippen LogP contribution in [-0.2, 0) is 12.8 Å². The van der Waals surface area contributed by atoms with Crippen LogP contribution in [0.4, 0.5) is 5.00 Å². The number of carbonyl (C=O) groups is 1. The summed E-state index contributed by atoms with van der Waals surface area (Å²) in [7, 11) is 0. The number of carbonyl (C=O) groups excluding carboxylic acids is 1. The third kappa shape index (κ3) is 2.94. The number of hydrogen-bond donors (Lipinski definition) is 2. The molecule has 0 saturated carbocycles. The molecule has 0 saturated heterocycles. The second-order valence-corrected chi connectivity index (χ2v) is 6.88. The monoisotopic (exact) mass is 280 g/mol. The van der Waals surface area contributed by atoms with Crippen LogP contribution < -0.4 is 11.1 Å².